The highest BCUT2D eigenvalue weighted by molar-refractivity contribution is 6.17. The zero-order chi connectivity index (χ0) is 21.3. The Bertz CT molecular complexity index is 1510. The van der Waals surface area contributed by atoms with Gasteiger partial charge in [0, 0.05) is 16.5 Å². The van der Waals surface area contributed by atoms with Gasteiger partial charge in [0.15, 0.2) is 0 Å². The van der Waals surface area contributed by atoms with E-state index in [1.165, 1.54) is 49.8 Å². The van der Waals surface area contributed by atoms with E-state index in [0.717, 1.165) is 6.42 Å². The Morgan fingerprint density at radius 2 is 1.38 bits per heavy atom. The topological polar surface area (TPSA) is 4.93 Å². The van der Waals surface area contributed by atoms with Crippen LogP contribution in [0.15, 0.2) is 127 Å². The number of hydrogen-bond acceptors (Lipinski definition) is 0. The molecule has 0 saturated heterocycles. The van der Waals surface area contributed by atoms with E-state index in [1.54, 1.807) is 0 Å². The van der Waals surface area contributed by atoms with Gasteiger partial charge in [0.1, 0.15) is 0 Å². The van der Waals surface area contributed by atoms with Crippen molar-refractivity contribution in [2.75, 3.05) is 0 Å². The summed E-state index contributed by atoms with van der Waals surface area (Å²) < 4.78 is 2.41. The molecule has 0 aliphatic heterocycles. The monoisotopic (exact) mass is 409 g/mol. The Labute approximate surface area is 188 Å². The molecule has 0 fully saturated rings. The Kier molecular flexibility index (Phi) is 4.58. The smallest absolute Gasteiger partial charge is 0.0547 e. The molecule has 5 aromatic rings. The highest BCUT2D eigenvalue weighted by Crippen LogP contribution is 2.40. The van der Waals surface area contributed by atoms with Crippen molar-refractivity contribution in [3.63, 3.8) is 0 Å². The molecule has 0 bridgehead atoms. The van der Waals surface area contributed by atoms with Gasteiger partial charge in [-0.25, -0.2) is 0 Å². The third-order valence-corrected chi connectivity index (χ3v) is 6.22. The van der Waals surface area contributed by atoms with Crippen molar-refractivity contribution in [2.45, 2.75) is 6.42 Å². The van der Waals surface area contributed by atoms with Crippen LogP contribution >= 0.6 is 0 Å². The first-order valence-electron chi connectivity index (χ1n) is 11.1. The Hall–Kier alpha value is -4.10. The SMILES string of the molecule is C1=CCC=C(n2c3ccc(-c4ccccc4)cc3c3c(-c4ccccc4)cccc32)C=C1. The van der Waals surface area contributed by atoms with E-state index < -0.39 is 0 Å². The van der Waals surface area contributed by atoms with Crippen molar-refractivity contribution in [1.82, 2.24) is 4.57 Å². The molecule has 0 unspecified atom stereocenters. The molecule has 0 N–H and O–H groups in total. The molecule has 0 saturated carbocycles. The molecule has 0 atom stereocenters. The zero-order valence-corrected chi connectivity index (χ0v) is 17.8. The minimum Gasteiger partial charge on any atom is -0.310 e. The average molecular weight is 410 g/mol. The van der Waals surface area contributed by atoms with Gasteiger partial charge in [0.05, 0.1) is 11.0 Å². The van der Waals surface area contributed by atoms with Crippen LogP contribution in [-0.2, 0) is 0 Å². The number of fused-ring (bicyclic) bond motifs is 3. The first-order valence-corrected chi connectivity index (χ1v) is 11.1. The summed E-state index contributed by atoms with van der Waals surface area (Å²) in [5.41, 5.74) is 8.69. The third-order valence-electron chi connectivity index (χ3n) is 6.22. The maximum absolute atomic E-state index is 2.41. The van der Waals surface area contributed by atoms with Crippen molar-refractivity contribution < 1.29 is 0 Å². The van der Waals surface area contributed by atoms with Gasteiger partial charge in [-0.3, -0.25) is 0 Å². The molecule has 1 heteroatoms. The van der Waals surface area contributed by atoms with Gasteiger partial charge in [-0.1, -0.05) is 103 Å². The third kappa shape index (κ3) is 3.11. The van der Waals surface area contributed by atoms with Crippen LogP contribution in [0.3, 0.4) is 0 Å². The summed E-state index contributed by atoms with van der Waals surface area (Å²) in [5, 5.41) is 2.59. The van der Waals surface area contributed by atoms with Crippen LogP contribution in [0.2, 0.25) is 0 Å². The number of hydrogen-bond donors (Lipinski definition) is 0. The lowest BCUT2D eigenvalue weighted by Crippen LogP contribution is -1.94. The molecule has 6 rings (SSSR count). The lowest BCUT2D eigenvalue weighted by atomic mass is 9.97. The summed E-state index contributed by atoms with van der Waals surface area (Å²) in [6, 6.07) is 34.9. The quantitative estimate of drug-likeness (QED) is 0.281. The van der Waals surface area contributed by atoms with E-state index in [9.17, 15) is 0 Å². The lowest BCUT2D eigenvalue weighted by molar-refractivity contribution is 1.22. The van der Waals surface area contributed by atoms with Crippen molar-refractivity contribution in [3.8, 4) is 22.3 Å². The summed E-state index contributed by atoms with van der Waals surface area (Å²) in [6.07, 6.45) is 11.9. The van der Waals surface area contributed by atoms with Crippen molar-refractivity contribution >= 4 is 27.5 Å². The van der Waals surface area contributed by atoms with Gasteiger partial charge in [0.2, 0.25) is 0 Å². The number of nitrogens with zero attached hydrogens (tertiary/aromatic N) is 1. The molecule has 4 aromatic carbocycles. The molecule has 1 nitrogen and oxygen atoms in total. The molecule has 152 valence electrons. The van der Waals surface area contributed by atoms with Crippen LogP contribution in [0.1, 0.15) is 6.42 Å². The number of allylic oxidation sites excluding steroid dienone is 6. The average Bonchev–Trinajstić information content (AvgIpc) is 2.99. The maximum atomic E-state index is 2.41. The molecule has 32 heavy (non-hydrogen) atoms. The largest absolute Gasteiger partial charge is 0.310 e. The normalized spacial score (nSPS) is 13.4. The van der Waals surface area contributed by atoms with E-state index in [1.807, 2.05) is 0 Å². The standard InChI is InChI=1S/C31H23N/c1-2-10-17-26(16-9-1)32-29-21-20-25(23-12-5-3-6-13-23)22-28(29)31-27(18-11-19-30(31)32)24-14-7-4-8-15-24/h1-9,11-22H,10H2. The minimum absolute atomic E-state index is 0.934. The molecule has 1 aliphatic rings. The highest BCUT2D eigenvalue weighted by atomic mass is 15.0. The summed E-state index contributed by atoms with van der Waals surface area (Å²) in [4.78, 5) is 0. The van der Waals surface area contributed by atoms with Crippen LogP contribution in [0.5, 0.6) is 0 Å². The van der Waals surface area contributed by atoms with Crippen LogP contribution in [0.4, 0.5) is 0 Å². The first-order chi connectivity index (χ1) is 15.9. The van der Waals surface area contributed by atoms with Crippen molar-refractivity contribution in [1.29, 1.82) is 0 Å². The van der Waals surface area contributed by atoms with E-state index in [4.69, 9.17) is 0 Å². The molecular weight excluding hydrogens is 386 g/mol. The van der Waals surface area contributed by atoms with Crippen LogP contribution in [-0.4, -0.2) is 4.57 Å². The van der Waals surface area contributed by atoms with Crippen LogP contribution < -0.4 is 0 Å². The van der Waals surface area contributed by atoms with Crippen LogP contribution in [0.25, 0.3) is 49.8 Å². The first kappa shape index (κ1) is 18.7. The predicted octanol–water partition coefficient (Wildman–Crippen LogP) is 8.49. The Morgan fingerprint density at radius 1 is 0.594 bits per heavy atom. The Morgan fingerprint density at radius 3 is 2.19 bits per heavy atom. The van der Waals surface area contributed by atoms with Gasteiger partial charge in [-0.05, 0) is 52.9 Å². The lowest BCUT2D eigenvalue weighted by Gasteiger charge is -2.09. The predicted molar refractivity (Wildman–Crippen MR) is 137 cm³/mol. The fourth-order valence-electron chi connectivity index (χ4n) is 4.75. The van der Waals surface area contributed by atoms with Gasteiger partial charge >= 0.3 is 0 Å². The molecule has 0 radical (unpaired) electrons. The highest BCUT2D eigenvalue weighted by Gasteiger charge is 2.17. The number of aromatic nitrogens is 1. The van der Waals surface area contributed by atoms with E-state index in [2.05, 4.69) is 132 Å². The molecule has 0 spiro atoms. The van der Waals surface area contributed by atoms with Gasteiger partial charge in [-0.2, -0.15) is 0 Å². The second-order valence-electron chi connectivity index (χ2n) is 8.15. The summed E-state index contributed by atoms with van der Waals surface area (Å²) in [7, 11) is 0. The second kappa shape index (κ2) is 7.86. The Balaban J connectivity index is 1.72. The van der Waals surface area contributed by atoms with E-state index in [0.29, 0.717) is 0 Å². The minimum atomic E-state index is 0.934. The number of benzene rings is 4. The summed E-state index contributed by atoms with van der Waals surface area (Å²) in [6.45, 7) is 0. The molecule has 1 heterocycles. The van der Waals surface area contributed by atoms with Crippen molar-refractivity contribution in [3.05, 3.63) is 127 Å². The van der Waals surface area contributed by atoms with Crippen LogP contribution in [0, 0.1) is 0 Å². The van der Waals surface area contributed by atoms with E-state index >= 15 is 0 Å². The molecule has 1 aliphatic carbocycles. The summed E-state index contributed by atoms with van der Waals surface area (Å²) in [5.74, 6) is 0. The fourth-order valence-corrected chi connectivity index (χ4v) is 4.75. The maximum Gasteiger partial charge on any atom is 0.0547 e. The van der Waals surface area contributed by atoms with Gasteiger partial charge in [-0.15, -0.1) is 0 Å². The summed E-state index contributed by atoms with van der Waals surface area (Å²) >= 11 is 0. The fraction of sp³-hybridized carbons (Fsp3) is 0.0323. The van der Waals surface area contributed by atoms with Crippen molar-refractivity contribution in [2.24, 2.45) is 0 Å². The molecule has 1 aromatic heterocycles. The second-order valence-corrected chi connectivity index (χ2v) is 8.15. The number of rotatable bonds is 3. The molecule has 0 amide bonds. The molecular formula is C31H23N. The zero-order valence-electron chi connectivity index (χ0n) is 17.8. The van der Waals surface area contributed by atoms with Gasteiger partial charge in [0.25, 0.3) is 0 Å². The van der Waals surface area contributed by atoms with Gasteiger partial charge < -0.3 is 4.57 Å². The van der Waals surface area contributed by atoms with E-state index in [-0.39, 0.29) is 0 Å².